The van der Waals surface area contributed by atoms with Crippen LogP contribution in [0.3, 0.4) is 0 Å². The molecule has 4 N–H and O–H groups in total. The van der Waals surface area contributed by atoms with Crippen LogP contribution in [0.4, 0.5) is 11.9 Å². The van der Waals surface area contributed by atoms with Crippen LogP contribution in [0, 0.1) is 6.92 Å². The van der Waals surface area contributed by atoms with E-state index in [0.29, 0.717) is 17.0 Å². The van der Waals surface area contributed by atoms with Gasteiger partial charge in [0.15, 0.2) is 5.65 Å². The molecular formula is C15H13N9. The van der Waals surface area contributed by atoms with E-state index in [1.54, 1.807) is 24.8 Å². The lowest BCUT2D eigenvalue weighted by Gasteiger charge is -2.07. The van der Waals surface area contributed by atoms with Gasteiger partial charge in [0.05, 0.1) is 11.4 Å². The van der Waals surface area contributed by atoms with Crippen molar-refractivity contribution >= 4 is 17.5 Å². The zero-order chi connectivity index (χ0) is 16.7. The first-order valence-corrected chi connectivity index (χ1v) is 7.12. The molecule has 0 amide bonds. The Kier molecular flexibility index (Phi) is 3.05. The van der Waals surface area contributed by atoms with Crippen LogP contribution in [-0.2, 0) is 0 Å². The number of nitrogens with zero attached hydrogens (tertiary/aromatic N) is 7. The summed E-state index contributed by atoms with van der Waals surface area (Å²) in [4.78, 5) is 25.3. The number of rotatable bonds is 2. The summed E-state index contributed by atoms with van der Waals surface area (Å²) in [5.41, 5.74) is 15.5. The Morgan fingerprint density at radius 3 is 2.00 bits per heavy atom. The molecule has 118 valence electrons. The van der Waals surface area contributed by atoms with Gasteiger partial charge < -0.3 is 15.9 Å². The molecule has 4 rings (SSSR count). The Morgan fingerprint density at radius 1 is 0.792 bits per heavy atom. The zero-order valence-electron chi connectivity index (χ0n) is 12.7. The van der Waals surface area contributed by atoms with Gasteiger partial charge in [-0.25, -0.2) is 29.9 Å². The predicted molar refractivity (Wildman–Crippen MR) is 88.6 cm³/mol. The predicted octanol–water partition coefficient (Wildman–Crippen LogP) is 1.12. The molecular weight excluding hydrogens is 306 g/mol. The molecule has 0 aliphatic rings. The lowest BCUT2D eigenvalue weighted by atomic mass is 10.2. The fourth-order valence-electron chi connectivity index (χ4n) is 2.38. The highest BCUT2D eigenvalue weighted by molar-refractivity contribution is 5.76. The molecule has 0 saturated carbocycles. The van der Waals surface area contributed by atoms with Crippen molar-refractivity contribution in [2.24, 2.45) is 0 Å². The third-order valence-electron chi connectivity index (χ3n) is 3.47. The quantitative estimate of drug-likeness (QED) is 0.561. The number of aromatic nitrogens is 7. The van der Waals surface area contributed by atoms with Gasteiger partial charge in [0.25, 0.3) is 0 Å². The van der Waals surface area contributed by atoms with E-state index in [-0.39, 0.29) is 11.9 Å². The monoisotopic (exact) mass is 319 g/mol. The lowest BCUT2D eigenvalue weighted by Crippen LogP contribution is -2.00. The first-order valence-electron chi connectivity index (χ1n) is 7.12. The average molecular weight is 319 g/mol. The SMILES string of the molecule is Cc1cn2cc(-c3cnc(N)nc3)nc(-c3cnc(N)nc3)c2n1. The zero-order valence-corrected chi connectivity index (χ0v) is 12.7. The van der Waals surface area contributed by atoms with E-state index >= 15 is 0 Å². The Balaban J connectivity index is 1.96. The normalized spacial score (nSPS) is 11.0. The highest BCUT2D eigenvalue weighted by atomic mass is 15.0. The first-order chi connectivity index (χ1) is 11.6. The molecule has 0 aliphatic heterocycles. The van der Waals surface area contributed by atoms with E-state index in [1.807, 2.05) is 23.7 Å². The van der Waals surface area contributed by atoms with Crippen molar-refractivity contribution < 1.29 is 0 Å². The largest absolute Gasteiger partial charge is 0.368 e. The standard InChI is InChI=1S/C15H13N9/c1-8-6-24-7-11(9-2-18-14(16)19-3-9)23-12(13(24)22-8)10-4-20-15(17)21-5-10/h2-7H,1H3,(H2,16,18,19)(H2,17,20,21). The number of nitrogens with two attached hydrogens (primary N) is 2. The van der Waals surface area contributed by atoms with Crippen molar-refractivity contribution in [2.75, 3.05) is 11.5 Å². The Morgan fingerprint density at radius 2 is 1.38 bits per heavy atom. The van der Waals surface area contributed by atoms with Crippen LogP contribution in [-0.4, -0.2) is 34.3 Å². The number of hydrogen-bond donors (Lipinski definition) is 2. The number of aryl methyl sites for hydroxylation is 1. The fraction of sp³-hybridized carbons (Fsp3) is 0.0667. The van der Waals surface area contributed by atoms with Crippen LogP contribution < -0.4 is 11.5 Å². The maximum atomic E-state index is 5.56. The number of anilines is 2. The minimum Gasteiger partial charge on any atom is -0.368 e. The van der Waals surface area contributed by atoms with Gasteiger partial charge in [0, 0.05) is 48.3 Å². The number of imidazole rings is 1. The molecule has 0 aliphatic carbocycles. The van der Waals surface area contributed by atoms with E-state index < -0.39 is 0 Å². The van der Waals surface area contributed by atoms with Crippen molar-refractivity contribution in [3.05, 3.63) is 42.9 Å². The van der Waals surface area contributed by atoms with Crippen molar-refractivity contribution in [3.63, 3.8) is 0 Å². The summed E-state index contributed by atoms with van der Waals surface area (Å²) in [5, 5.41) is 0. The van der Waals surface area contributed by atoms with Crippen LogP contribution in [0.2, 0.25) is 0 Å². The van der Waals surface area contributed by atoms with Gasteiger partial charge in [-0.05, 0) is 6.92 Å². The minimum atomic E-state index is 0.206. The highest BCUT2D eigenvalue weighted by Crippen LogP contribution is 2.25. The van der Waals surface area contributed by atoms with Gasteiger partial charge in [-0.2, -0.15) is 0 Å². The van der Waals surface area contributed by atoms with Crippen LogP contribution in [0.1, 0.15) is 5.69 Å². The number of hydrogen-bond acceptors (Lipinski definition) is 8. The van der Waals surface area contributed by atoms with Crippen LogP contribution in [0.25, 0.3) is 28.2 Å². The maximum Gasteiger partial charge on any atom is 0.219 e. The second kappa shape index (κ2) is 5.23. The minimum absolute atomic E-state index is 0.206. The number of nitrogen functional groups attached to an aromatic ring is 2. The Bertz CT molecular complexity index is 1020. The summed E-state index contributed by atoms with van der Waals surface area (Å²) in [6.07, 6.45) is 10.3. The highest BCUT2D eigenvalue weighted by Gasteiger charge is 2.13. The van der Waals surface area contributed by atoms with E-state index in [0.717, 1.165) is 16.8 Å². The maximum absolute atomic E-state index is 5.56. The smallest absolute Gasteiger partial charge is 0.219 e. The molecule has 4 aromatic rings. The van der Waals surface area contributed by atoms with Crippen LogP contribution in [0.5, 0.6) is 0 Å². The summed E-state index contributed by atoms with van der Waals surface area (Å²) in [7, 11) is 0. The topological polar surface area (TPSA) is 134 Å². The average Bonchev–Trinajstić information content (AvgIpc) is 2.95. The van der Waals surface area contributed by atoms with Crippen LogP contribution >= 0.6 is 0 Å². The first kappa shape index (κ1) is 14.0. The van der Waals surface area contributed by atoms with Gasteiger partial charge in [-0.1, -0.05) is 0 Å². The molecule has 0 spiro atoms. The van der Waals surface area contributed by atoms with E-state index in [9.17, 15) is 0 Å². The van der Waals surface area contributed by atoms with Crippen molar-refractivity contribution in [3.8, 4) is 22.5 Å². The second-order valence-electron chi connectivity index (χ2n) is 5.25. The molecule has 0 bridgehead atoms. The lowest BCUT2D eigenvalue weighted by molar-refractivity contribution is 1.11. The van der Waals surface area contributed by atoms with Crippen molar-refractivity contribution in [1.82, 2.24) is 34.3 Å². The van der Waals surface area contributed by atoms with Gasteiger partial charge >= 0.3 is 0 Å². The molecule has 4 heterocycles. The van der Waals surface area contributed by atoms with Gasteiger partial charge in [0.1, 0.15) is 5.69 Å². The molecule has 9 heteroatoms. The van der Waals surface area contributed by atoms with Gasteiger partial charge in [0.2, 0.25) is 11.9 Å². The molecule has 0 atom stereocenters. The van der Waals surface area contributed by atoms with E-state index in [2.05, 4.69) is 29.9 Å². The van der Waals surface area contributed by atoms with Crippen molar-refractivity contribution in [2.45, 2.75) is 6.92 Å². The van der Waals surface area contributed by atoms with E-state index in [4.69, 9.17) is 11.5 Å². The molecule has 0 unspecified atom stereocenters. The van der Waals surface area contributed by atoms with Gasteiger partial charge in [-0.3, -0.25) is 0 Å². The summed E-state index contributed by atoms with van der Waals surface area (Å²) in [5.74, 6) is 0.419. The second-order valence-corrected chi connectivity index (χ2v) is 5.25. The van der Waals surface area contributed by atoms with Crippen LogP contribution in [0.15, 0.2) is 37.2 Å². The Hall–Kier alpha value is -3.62. The molecule has 0 fully saturated rings. The summed E-state index contributed by atoms with van der Waals surface area (Å²) in [6, 6.07) is 0. The Labute approximate surface area is 136 Å². The summed E-state index contributed by atoms with van der Waals surface area (Å²) >= 11 is 0. The molecule has 0 radical (unpaired) electrons. The fourth-order valence-corrected chi connectivity index (χ4v) is 2.38. The third-order valence-corrected chi connectivity index (χ3v) is 3.47. The summed E-state index contributed by atoms with van der Waals surface area (Å²) < 4.78 is 1.90. The molecule has 0 saturated heterocycles. The molecule has 9 nitrogen and oxygen atoms in total. The van der Waals surface area contributed by atoms with Gasteiger partial charge in [-0.15, -0.1) is 0 Å². The summed E-state index contributed by atoms with van der Waals surface area (Å²) in [6.45, 7) is 1.92. The molecule has 4 aromatic heterocycles. The van der Waals surface area contributed by atoms with Crippen molar-refractivity contribution in [1.29, 1.82) is 0 Å². The molecule has 0 aromatic carbocycles. The van der Waals surface area contributed by atoms with E-state index in [1.165, 1.54) is 0 Å². The third kappa shape index (κ3) is 2.37. The molecule has 24 heavy (non-hydrogen) atoms. The number of fused-ring (bicyclic) bond motifs is 1.